The van der Waals surface area contributed by atoms with E-state index in [9.17, 15) is 22.9 Å². The van der Waals surface area contributed by atoms with Crippen LogP contribution in [0.5, 0.6) is 0 Å². The Morgan fingerprint density at radius 2 is 1.68 bits per heavy atom. The number of halogens is 1. The number of rotatable bonds is 7. The molecule has 1 heterocycles. The lowest BCUT2D eigenvalue weighted by molar-refractivity contribution is -0.387. The third-order valence-electron chi connectivity index (χ3n) is 4.64. The fourth-order valence-corrected chi connectivity index (χ4v) is 4.32. The summed E-state index contributed by atoms with van der Waals surface area (Å²) >= 11 is 0. The van der Waals surface area contributed by atoms with Gasteiger partial charge in [0.1, 0.15) is 5.82 Å². The zero-order valence-corrected chi connectivity index (χ0v) is 15.9. The number of nitrogens with zero attached hydrogens (tertiary/aromatic N) is 3. The Bertz CT molecular complexity index is 929. The highest BCUT2D eigenvalue weighted by atomic mass is 32.2. The zero-order valence-electron chi connectivity index (χ0n) is 15.1. The van der Waals surface area contributed by atoms with Gasteiger partial charge in [0.25, 0.3) is 5.69 Å². The molecule has 3 rings (SSSR count). The Kier molecular flexibility index (Phi) is 6.22. The molecular weight excluding hydrogens is 387 g/mol. The molecule has 0 unspecified atom stereocenters. The van der Waals surface area contributed by atoms with Crippen molar-refractivity contribution >= 4 is 21.4 Å². The summed E-state index contributed by atoms with van der Waals surface area (Å²) in [5.74, 6) is -0.270. The molecule has 0 amide bonds. The molecule has 0 aliphatic carbocycles. The van der Waals surface area contributed by atoms with Crippen molar-refractivity contribution in [1.82, 2.24) is 9.62 Å². The average molecular weight is 408 g/mol. The standard InChI is InChI=1S/C18H21FN4O4S/c19-15-5-7-16(8-6-15)22-13-11-21(12-14-22)10-9-20-28(26,27)18-4-2-1-3-17(18)23(24)25/h1-8,20H,9-14H2. The number of nitro groups is 1. The molecule has 1 aliphatic heterocycles. The molecule has 2 aromatic carbocycles. The summed E-state index contributed by atoms with van der Waals surface area (Å²) in [4.78, 5) is 14.3. The minimum Gasteiger partial charge on any atom is -0.369 e. The first-order chi connectivity index (χ1) is 13.4. The fourth-order valence-electron chi connectivity index (χ4n) is 3.13. The molecule has 8 nitrogen and oxygen atoms in total. The molecule has 0 bridgehead atoms. The molecule has 28 heavy (non-hydrogen) atoms. The van der Waals surface area contributed by atoms with Crippen molar-refractivity contribution in [2.24, 2.45) is 0 Å². The van der Waals surface area contributed by atoms with E-state index in [2.05, 4.69) is 14.5 Å². The first kappa shape index (κ1) is 20.2. The van der Waals surface area contributed by atoms with E-state index in [-0.39, 0.29) is 17.3 Å². The van der Waals surface area contributed by atoms with Crippen LogP contribution in [0.25, 0.3) is 0 Å². The van der Waals surface area contributed by atoms with Crippen molar-refractivity contribution < 1.29 is 17.7 Å². The third-order valence-corrected chi connectivity index (χ3v) is 6.14. The van der Waals surface area contributed by atoms with Crippen LogP contribution in [0, 0.1) is 15.9 Å². The minimum absolute atomic E-state index is 0.158. The van der Waals surface area contributed by atoms with Gasteiger partial charge in [-0.2, -0.15) is 0 Å². The van der Waals surface area contributed by atoms with E-state index >= 15 is 0 Å². The van der Waals surface area contributed by atoms with Gasteiger partial charge in [-0.15, -0.1) is 0 Å². The van der Waals surface area contributed by atoms with Crippen LogP contribution in [0.15, 0.2) is 53.4 Å². The second kappa shape index (κ2) is 8.63. The van der Waals surface area contributed by atoms with E-state index in [4.69, 9.17) is 0 Å². The van der Waals surface area contributed by atoms with Gasteiger partial charge in [0, 0.05) is 51.0 Å². The van der Waals surface area contributed by atoms with Gasteiger partial charge in [0.15, 0.2) is 4.90 Å². The maximum Gasteiger partial charge on any atom is 0.289 e. The molecular formula is C18H21FN4O4S. The lowest BCUT2D eigenvalue weighted by atomic mass is 10.2. The number of piperazine rings is 1. The molecule has 0 spiro atoms. The summed E-state index contributed by atoms with van der Waals surface area (Å²) < 4.78 is 40.2. The highest BCUT2D eigenvalue weighted by Crippen LogP contribution is 2.22. The van der Waals surface area contributed by atoms with Crippen molar-refractivity contribution in [2.75, 3.05) is 44.2 Å². The first-order valence-corrected chi connectivity index (χ1v) is 10.3. The van der Waals surface area contributed by atoms with Crippen LogP contribution in [-0.2, 0) is 10.0 Å². The van der Waals surface area contributed by atoms with E-state index in [0.29, 0.717) is 6.54 Å². The Morgan fingerprint density at radius 3 is 2.32 bits per heavy atom. The van der Waals surface area contributed by atoms with E-state index in [1.54, 1.807) is 12.1 Å². The van der Waals surface area contributed by atoms with Crippen molar-refractivity contribution in [3.63, 3.8) is 0 Å². The number of nitro benzene ring substituents is 1. The van der Waals surface area contributed by atoms with Crippen molar-refractivity contribution in [3.05, 3.63) is 64.5 Å². The van der Waals surface area contributed by atoms with Crippen LogP contribution in [0.3, 0.4) is 0 Å². The van der Waals surface area contributed by atoms with E-state index in [1.165, 1.54) is 36.4 Å². The molecule has 1 aliphatic rings. The Morgan fingerprint density at radius 1 is 1.04 bits per heavy atom. The van der Waals surface area contributed by atoms with Gasteiger partial charge < -0.3 is 4.90 Å². The third kappa shape index (κ3) is 4.83. The van der Waals surface area contributed by atoms with Gasteiger partial charge in [-0.1, -0.05) is 12.1 Å². The highest BCUT2D eigenvalue weighted by molar-refractivity contribution is 7.89. The fraction of sp³-hybridized carbons (Fsp3) is 0.333. The van der Waals surface area contributed by atoms with Crippen molar-refractivity contribution in [3.8, 4) is 0 Å². The number of anilines is 1. The quantitative estimate of drug-likeness (QED) is 0.555. The highest BCUT2D eigenvalue weighted by Gasteiger charge is 2.25. The molecule has 0 saturated carbocycles. The van der Waals surface area contributed by atoms with Crippen LogP contribution in [0.4, 0.5) is 15.8 Å². The normalized spacial score (nSPS) is 15.5. The lowest BCUT2D eigenvalue weighted by Gasteiger charge is -2.36. The minimum atomic E-state index is -3.96. The van der Waals surface area contributed by atoms with Gasteiger partial charge in [-0.05, 0) is 30.3 Å². The van der Waals surface area contributed by atoms with Gasteiger partial charge in [-0.25, -0.2) is 17.5 Å². The number of sulfonamides is 1. The maximum atomic E-state index is 13.0. The summed E-state index contributed by atoms with van der Waals surface area (Å²) in [6.07, 6.45) is 0. The first-order valence-electron chi connectivity index (χ1n) is 8.83. The van der Waals surface area contributed by atoms with Gasteiger partial charge in [0.2, 0.25) is 10.0 Å². The number of hydrogen-bond acceptors (Lipinski definition) is 6. The molecule has 10 heteroatoms. The number of benzene rings is 2. The SMILES string of the molecule is O=[N+]([O-])c1ccccc1S(=O)(=O)NCCN1CCN(c2ccc(F)cc2)CC1. The predicted molar refractivity (Wildman–Crippen MR) is 103 cm³/mol. The molecule has 1 fully saturated rings. The van der Waals surface area contributed by atoms with Crippen LogP contribution in [0.1, 0.15) is 0 Å². The van der Waals surface area contributed by atoms with Gasteiger partial charge in [-0.3, -0.25) is 15.0 Å². The second-order valence-corrected chi connectivity index (χ2v) is 8.16. The monoisotopic (exact) mass is 408 g/mol. The summed E-state index contributed by atoms with van der Waals surface area (Å²) in [6.45, 7) is 3.64. The van der Waals surface area contributed by atoms with E-state index < -0.39 is 20.6 Å². The van der Waals surface area contributed by atoms with Gasteiger partial charge in [0.05, 0.1) is 4.92 Å². The predicted octanol–water partition coefficient (Wildman–Crippen LogP) is 1.83. The molecule has 1 N–H and O–H groups in total. The topological polar surface area (TPSA) is 95.8 Å². The van der Waals surface area contributed by atoms with Crippen LogP contribution in [-0.4, -0.2) is 57.5 Å². The largest absolute Gasteiger partial charge is 0.369 e. The Hall–Kier alpha value is -2.56. The van der Waals surface area contributed by atoms with E-state index in [0.717, 1.165) is 31.9 Å². The zero-order chi connectivity index (χ0) is 20.1. The molecule has 0 radical (unpaired) electrons. The van der Waals surface area contributed by atoms with E-state index in [1.807, 2.05) is 0 Å². The number of nitrogens with one attached hydrogen (secondary N) is 1. The Labute approximate surface area is 162 Å². The average Bonchev–Trinajstić information content (AvgIpc) is 2.69. The van der Waals surface area contributed by atoms with Crippen molar-refractivity contribution in [1.29, 1.82) is 0 Å². The van der Waals surface area contributed by atoms with Crippen LogP contribution in [0.2, 0.25) is 0 Å². The number of hydrogen-bond donors (Lipinski definition) is 1. The Balaban J connectivity index is 1.51. The summed E-state index contributed by atoms with van der Waals surface area (Å²) in [5, 5.41) is 11.0. The molecule has 2 aromatic rings. The van der Waals surface area contributed by atoms with Gasteiger partial charge >= 0.3 is 0 Å². The molecule has 0 atom stereocenters. The van der Waals surface area contributed by atoms with Crippen LogP contribution < -0.4 is 9.62 Å². The summed E-state index contributed by atoms with van der Waals surface area (Å²) in [5.41, 5.74) is 0.515. The molecule has 1 saturated heterocycles. The summed E-state index contributed by atoms with van der Waals surface area (Å²) in [6, 6.07) is 11.6. The molecule has 0 aromatic heterocycles. The van der Waals surface area contributed by atoms with Crippen LogP contribution >= 0.6 is 0 Å². The second-order valence-electron chi connectivity index (χ2n) is 6.43. The lowest BCUT2D eigenvalue weighted by Crippen LogP contribution is -2.48. The summed E-state index contributed by atoms with van der Waals surface area (Å²) in [7, 11) is -3.96. The number of para-hydroxylation sites is 1. The molecule has 150 valence electrons. The maximum absolute atomic E-state index is 13.0. The van der Waals surface area contributed by atoms with Crippen molar-refractivity contribution in [2.45, 2.75) is 4.90 Å². The smallest absolute Gasteiger partial charge is 0.289 e.